The maximum Gasteiger partial charge on any atom is 0.363 e. The lowest BCUT2D eigenvalue weighted by molar-refractivity contribution is -0.129. The van der Waals surface area contributed by atoms with Crippen LogP contribution in [0.15, 0.2) is 102 Å². The van der Waals surface area contributed by atoms with E-state index in [0.717, 1.165) is 27.5 Å². The number of hydrogen-bond donors (Lipinski definition) is 0. The molecule has 0 atom stereocenters. The number of ether oxygens (including phenoxy) is 3. The average Bonchev–Trinajstić information content (AvgIpc) is 3.22. The van der Waals surface area contributed by atoms with Gasteiger partial charge in [-0.05, 0) is 46.2 Å². The summed E-state index contributed by atoms with van der Waals surface area (Å²) < 4.78 is 16.9. The van der Waals surface area contributed by atoms with Crippen LogP contribution in [-0.2, 0) is 16.1 Å². The smallest absolute Gasteiger partial charge is 0.363 e. The van der Waals surface area contributed by atoms with Gasteiger partial charge < -0.3 is 14.2 Å². The minimum Gasteiger partial charge on any atom is -0.493 e. The number of nitrogens with zero attached hydrogens (tertiary/aromatic N) is 1. The highest BCUT2D eigenvalue weighted by Crippen LogP contribution is 2.31. The Hall–Kier alpha value is -4.38. The largest absolute Gasteiger partial charge is 0.493 e. The van der Waals surface area contributed by atoms with Crippen LogP contribution >= 0.6 is 0 Å². The van der Waals surface area contributed by atoms with Crippen LogP contribution in [0.1, 0.15) is 16.7 Å². The van der Waals surface area contributed by atoms with E-state index in [4.69, 9.17) is 14.2 Å². The summed E-state index contributed by atoms with van der Waals surface area (Å²) in [7, 11) is 1.60. The number of methoxy groups -OCH3 is 1. The number of fused-ring (bicyclic) bond motifs is 1. The number of carbonyl (C=O) groups is 1. The first-order valence-corrected chi connectivity index (χ1v) is 10.6. The summed E-state index contributed by atoms with van der Waals surface area (Å²) in [4.78, 5) is 17.0. The molecule has 33 heavy (non-hydrogen) atoms. The summed E-state index contributed by atoms with van der Waals surface area (Å²) in [6, 6.07) is 29.1. The Labute approximate surface area is 191 Å². The average molecular weight is 435 g/mol. The molecule has 1 aliphatic rings. The van der Waals surface area contributed by atoms with E-state index in [1.54, 1.807) is 13.2 Å². The summed E-state index contributed by atoms with van der Waals surface area (Å²) in [5.41, 5.74) is 2.82. The molecule has 0 saturated carbocycles. The van der Waals surface area contributed by atoms with Crippen molar-refractivity contribution in [1.82, 2.24) is 0 Å². The zero-order valence-corrected chi connectivity index (χ0v) is 18.0. The molecule has 0 bridgehead atoms. The van der Waals surface area contributed by atoms with Crippen LogP contribution < -0.4 is 9.47 Å². The van der Waals surface area contributed by atoms with Gasteiger partial charge in [0.05, 0.1) is 7.11 Å². The topological polar surface area (TPSA) is 57.1 Å². The molecule has 0 aliphatic carbocycles. The van der Waals surface area contributed by atoms with E-state index >= 15 is 0 Å². The predicted octanol–water partition coefficient (Wildman–Crippen LogP) is 5.77. The third-order valence-corrected chi connectivity index (χ3v) is 5.37. The van der Waals surface area contributed by atoms with Gasteiger partial charge in [-0.3, -0.25) is 0 Å². The Bertz CT molecular complexity index is 1380. The number of cyclic esters (lactones) is 1. The monoisotopic (exact) mass is 435 g/mol. The molecule has 0 unspecified atom stereocenters. The van der Waals surface area contributed by atoms with E-state index in [9.17, 15) is 4.79 Å². The number of aliphatic imine (C=N–C) groups is 1. The summed E-state index contributed by atoms with van der Waals surface area (Å²) >= 11 is 0. The van der Waals surface area contributed by atoms with Gasteiger partial charge in [0.15, 0.2) is 17.2 Å². The molecule has 5 heteroatoms. The van der Waals surface area contributed by atoms with Crippen LogP contribution in [0.5, 0.6) is 11.5 Å². The van der Waals surface area contributed by atoms with Crippen molar-refractivity contribution in [3.8, 4) is 11.5 Å². The Morgan fingerprint density at radius 1 is 0.879 bits per heavy atom. The molecule has 1 heterocycles. The molecule has 0 fully saturated rings. The molecule has 5 nitrogen and oxygen atoms in total. The van der Waals surface area contributed by atoms with Crippen molar-refractivity contribution in [1.29, 1.82) is 0 Å². The maximum atomic E-state index is 12.6. The minimum atomic E-state index is -0.486. The van der Waals surface area contributed by atoms with Gasteiger partial charge >= 0.3 is 5.97 Å². The first kappa shape index (κ1) is 20.5. The van der Waals surface area contributed by atoms with Crippen LogP contribution in [0, 0.1) is 0 Å². The van der Waals surface area contributed by atoms with Gasteiger partial charge in [-0.25, -0.2) is 9.79 Å². The number of hydrogen-bond acceptors (Lipinski definition) is 5. The maximum absolute atomic E-state index is 12.6. The van der Waals surface area contributed by atoms with Crippen molar-refractivity contribution in [3.05, 3.63) is 113 Å². The van der Waals surface area contributed by atoms with Crippen LogP contribution in [0.2, 0.25) is 0 Å². The molecule has 4 aromatic carbocycles. The van der Waals surface area contributed by atoms with Gasteiger partial charge in [0.25, 0.3) is 0 Å². The number of rotatable bonds is 6. The van der Waals surface area contributed by atoms with Gasteiger partial charge in [0.1, 0.15) is 6.61 Å². The first-order valence-electron chi connectivity index (χ1n) is 10.6. The summed E-state index contributed by atoms with van der Waals surface area (Å²) in [5.74, 6) is 1.01. The number of carbonyl (C=O) groups excluding carboxylic acids is 1. The highest BCUT2D eigenvalue weighted by molar-refractivity contribution is 6.17. The van der Waals surface area contributed by atoms with Crippen LogP contribution in [0.3, 0.4) is 0 Å². The molecule has 0 amide bonds. The zero-order valence-electron chi connectivity index (χ0n) is 18.0. The van der Waals surface area contributed by atoms with Gasteiger partial charge in [-0.2, -0.15) is 0 Å². The quantitative estimate of drug-likeness (QED) is 0.285. The van der Waals surface area contributed by atoms with E-state index in [-0.39, 0.29) is 5.70 Å². The SMILES string of the molecule is COc1ccc(/C=C2\N=C(c3cccc4ccccc34)OC2=O)cc1OCc1ccccc1. The molecule has 1 aliphatic heterocycles. The molecular formula is C28H21NO4. The van der Waals surface area contributed by atoms with Crippen LogP contribution in [0.4, 0.5) is 0 Å². The molecule has 4 aromatic rings. The normalized spacial score (nSPS) is 14.3. The van der Waals surface area contributed by atoms with Crippen LogP contribution in [-0.4, -0.2) is 19.0 Å². The van der Waals surface area contributed by atoms with Crippen molar-refractivity contribution in [3.63, 3.8) is 0 Å². The van der Waals surface area contributed by atoms with Gasteiger partial charge in [-0.1, -0.05) is 72.8 Å². The molecular weight excluding hydrogens is 414 g/mol. The van der Waals surface area contributed by atoms with E-state index in [1.807, 2.05) is 91.0 Å². The second kappa shape index (κ2) is 9.01. The van der Waals surface area contributed by atoms with E-state index < -0.39 is 5.97 Å². The van der Waals surface area contributed by atoms with Gasteiger partial charge in [0, 0.05) is 5.56 Å². The summed E-state index contributed by atoms with van der Waals surface area (Å²) in [5, 5.41) is 2.04. The first-order chi connectivity index (χ1) is 16.2. The fourth-order valence-electron chi connectivity index (χ4n) is 3.73. The lowest BCUT2D eigenvalue weighted by Gasteiger charge is -2.11. The molecule has 0 aromatic heterocycles. The second-order valence-corrected chi connectivity index (χ2v) is 7.55. The third kappa shape index (κ3) is 4.34. The predicted molar refractivity (Wildman–Crippen MR) is 128 cm³/mol. The lowest BCUT2D eigenvalue weighted by atomic mass is 10.0. The molecule has 0 spiro atoms. The number of esters is 1. The Morgan fingerprint density at radius 3 is 2.52 bits per heavy atom. The molecule has 0 N–H and O–H groups in total. The second-order valence-electron chi connectivity index (χ2n) is 7.55. The van der Waals surface area contributed by atoms with Crippen molar-refractivity contribution >= 4 is 28.7 Å². The molecule has 0 radical (unpaired) electrons. The number of benzene rings is 4. The van der Waals surface area contributed by atoms with Crippen molar-refractivity contribution in [2.24, 2.45) is 4.99 Å². The molecule has 0 saturated heterocycles. The minimum absolute atomic E-state index is 0.233. The van der Waals surface area contributed by atoms with E-state index in [1.165, 1.54) is 0 Å². The zero-order chi connectivity index (χ0) is 22.6. The van der Waals surface area contributed by atoms with Gasteiger partial charge in [0.2, 0.25) is 5.90 Å². The Kier molecular flexibility index (Phi) is 5.60. The van der Waals surface area contributed by atoms with Crippen molar-refractivity contribution < 1.29 is 19.0 Å². The fraction of sp³-hybridized carbons (Fsp3) is 0.0714. The third-order valence-electron chi connectivity index (χ3n) is 5.37. The van der Waals surface area contributed by atoms with Crippen LogP contribution in [0.25, 0.3) is 16.8 Å². The Morgan fingerprint density at radius 2 is 1.67 bits per heavy atom. The molecule has 162 valence electrons. The highest BCUT2D eigenvalue weighted by Gasteiger charge is 2.25. The van der Waals surface area contributed by atoms with E-state index in [2.05, 4.69) is 4.99 Å². The highest BCUT2D eigenvalue weighted by atomic mass is 16.6. The van der Waals surface area contributed by atoms with Crippen molar-refractivity contribution in [2.45, 2.75) is 6.61 Å². The lowest BCUT2D eigenvalue weighted by Crippen LogP contribution is -2.05. The van der Waals surface area contributed by atoms with Gasteiger partial charge in [-0.15, -0.1) is 0 Å². The summed E-state index contributed by atoms with van der Waals surface area (Å²) in [6.07, 6.45) is 1.69. The molecule has 5 rings (SSSR count). The summed E-state index contributed by atoms with van der Waals surface area (Å²) in [6.45, 7) is 0.405. The van der Waals surface area contributed by atoms with E-state index in [0.29, 0.717) is 24.0 Å². The fourth-order valence-corrected chi connectivity index (χ4v) is 3.73. The Balaban J connectivity index is 1.44. The standard InChI is InChI=1S/C28H21NO4/c1-31-25-15-14-20(17-26(25)32-18-19-8-3-2-4-9-19)16-24-28(30)33-27(29-24)23-13-7-11-21-10-5-6-12-22(21)23/h2-17H,18H2,1H3/b24-16-. The van der Waals surface area contributed by atoms with Crippen molar-refractivity contribution in [2.75, 3.05) is 7.11 Å².